The van der Waals surface area contributed by atoms with Gasteiger partial charge >= 0.3 is 0 Å². The van der Waals surface area contributed by atoms with Gasteiger partial charge in [0.05, 0.1) is 0 Å². The molecule has 0 aliphatic heterocycles. The van der Waals surface area contributed by atoms with Gasteiger partial charge in [0.15, 0.2) is 0 Å². The van der Waals surface area contributed by atoms with Crippen molar-refractivity contribution in [3.8, 4) is 0 Å². The predicted molar refractivity (Wildman–Crippen MR) is 75.3 cm³/mol. The summed E-state index contributed by atoms with van der Waals surface area (Å²) in [4.78, 5) is 11.5. The molecule has 0 saturated heterocycles. The van der Waals surface area contributed by atoms with Crippen LogP contribution in [-0.2, 0) is 4.79 Å². The second kappa shape index (κ2) is 9.88. The van der Waals surface area contributed by atoms with Crippen LogP contribution in [0, 0.1) is 6.92 Å². The topological polar surface area (TPSA) is 29.1 Å². The molecule has 0 spiro atoms. The van der Waals surface area contributed by atoms with E-state index in [1.165, 1.54) is 5.56 Å². The molecule has 1 rings (SSSR count). The second-order valence-electron chi connectivity index (χ2n) is 3.87. The quantitative estimate of drug-likeness (QED) is 0.746. The van der Waals surface area contributed by atoms with Crippen LogP contribution in [0.25, 0.3) is 0 Å². The molecule has 0 bridgehead atoms. The van der Waals surface area contributed by atoms with E-state index in [1.807, 2.05) is 45.0 Å². The molecule has 0 heterocycles. The van der Waals surface area contributed by atoms with Crippen LogP contribution < -0.4 is 5.32 Å². The molecule has 0 radical (unpaired) electrons. The van der Waals surface area contributed by atoms with Gasteiger partial charge in [-0.25, -0.2) is 0 Å². The number of aryl methyl sites for hydroxylation is 1. The third-order valence-electron chi connectivity index (χ3n) is 2.34. The van der Waals surface area contributed by atoms with Gasteiger partial charge in [-0.15, -0.1) is 0 Å². The number of nitrogens with one attached hydrogen (secondary N) is 1. The van der Waals surface area contributed by atoms with E-state index >= 15 is 0 Å². The summed E-state index contributed by atoms with van der Waals surface area (Å²) in [6, 6.07) is 7.88. The van der Waals surface area contributed by atoms with Crippen LogP contribution in [-0.4, -0.2) is 5.91 Å². The van der Waals surface area contributed by atoms with E-state index in [0.717, 1.165) is 24.9 Å². The number of amides is 1. The van der Waals surface area contributed by atoms with Gasteiger partial charge in [0.2, 0.25) is 5.91 Å². The van der Waals surface area contributed by atoms with Gasteiger partial charge in [0.1, 0.15) is 0 Å². The van der Waals surface area contributed by atoms with Crippen molar-refractivity contribution < 1.29 is 4.79 Å². The zero-order valence-corrected chi connectivity index (χ0v) is 11.5. The zero-order chi connectivity index (χ0) is 13.1. The zero-order valence-electron chi connectivity index (χ0n) is 11.5. The summed E-state index contributed by atoms with van der Waals surface area (Å²) in [6.07, 6.45) is 3.88. The first-order chi connectivity index (χ1) is 8.22. The molecule has 0 aliphatic rings. The highest BCUT2D eigenvalue weighted by Crippen LogP contribution is 2.09. The average molecular weight is 235 g/mol. The molecular weight excluding hydrogens is 210 g/mol. The van der Waals surface area contributed by atoms with Gasteiger partial charge in [-0.1, -0.05) is 51.3 Å². The number of benzene rings is 1. The van der Waals surface area contributed by atoms with E-state index in [4.69, 9.17) is 0 Å². The summed E-state index contributed by atoms with van der Waals surface area (Å²) in [5.41, 5.74) is 2.10. The number of carbonyl (C=O) groups excluding carboxylic acids is 1. The summed E-state index contributed by atoms with van der Waals surface area (Å²) in [5, 5.41) is 2.89. The monoisotopic (exact) mass is 235 g/mol. The van der Waals surface area contributed by atoms with Gasteiger partial charge in [-0.2, -0.15) is 0 Å². The molecule has 0 saturated carbocycles. The standard InChI is InChI=1S/C13H19NO.C2H6/c1-3-4-5-6-13(15)14-12-9-7-11(2)8-10-12;1-2/h7-10H,3-6H2,1-2H3,(H,14,15);1-2H3. The number of unbranched alkanes of at least 4 members (excludes halogenated alkanes) is 2. The van der Waals surface area contributed by atoms with Gasteiger partial charge in [-0.05, 0) is 25.5 Å². The minimum atomic E-state index is 0.118. The van der Waals surface area contributed by atoms with E-state index in [0.29, 0.717) is 6.42 Å². The summed E-state index contributed by atoms with van der Waals surface area (Å²) in [5.74, 6) is 0.118. The molecule has 2 nitrogen and oxygen atoms in total. The lowest BCUT2D eigenvalue weighted by molar-refractivity contribution is -0.116. The molecule has 17 heavy (non-hydrogen) atoms. The van der Waals surface area contributed by atoms with E-state index < -0.39 is 0 Å². The van der Waals surface area contributed by atoms with Crippen molar-refractivity contribution in [3.63, 3.8) is 0 Å². The van der Waals surface area contributed by atoms with E-state index in [-0.39, 0.29) is 5.91 Å². The summed E-state index contributed by atoms with van der Waals surface area (Å²) in [6.45, 7) is 8.17. The van der Waals surface area contributed by atoms with Gasteiger partial charge in [0.25, 0.3) is 0 Å². The molecule has 96 valence electrons. The molecule has 2 heteroatoms. The minimum Gasteiger partial charge on any atom is -0.326 e. The lowest BCUT2D eigenvalue weighted by Gasteiger charge is -2.04. The fourth-order valence-corrected chi connectivity index (χ4v) is 1.40. The molecule has 1 N–H and O–H groups in total. The van der Waals surface area contributed by atoms with Crippen LogP contribution in [0.2, 0.25) is 0 Å². The Morgan fingerprint density at radius 2 is 1.71 bits per heavy atom. The Morgan fingerprint density at radius 3 is 2.24 bits per heavy atom. The molecule has 0 fully saturated rings. The fraction of sp³-hybridized carbons (Fsp3) is 0.533. The van der Waals surface area contributed by atoms with Crippen LogP contribution in [0.4, 0.5) is 5.69 Å². The van der Waals surface area contributed by atoms with Crippen molar-refractivity contribution in [3.05, 3.63) is 29.8 Å². The third-order valence-corrected chi connectivity index (χ3v) is 2.34. The van der Waals surface area contributed by atoms with Gasteiger partial charge in [0, 0.05) is 12.1 Å². The summed E-state index contributed by atoms with van der Waals surface area (Å²) in [7, 11) is 0. The molecular formula is C15H25NO. The van der Waals surface area contributed by atoms with Crippen molar-refractivity contribution in [1.29, 1.82) is 0 Å². The molecule has 1 aromatic rings. The SMILES string of the molecule is CC.CCCCCC(=O)Nc1ccc(C)cc1. The van der Waals surface area contributed by atoms with Crippen LogP contribution >= 0.6 is 0 Å². The number of hydrogen-bond acceptors (Lipinski definition) is 1. The maximum atomic E-state index is 11.5. The molecule has 1 amide bonds. The van der Waals surface area contributed by atoms with Gasteiger partial charge in [-0.3, -0.25) is 4.79 Å². The number of rotatable bonds is 5. The van der Waals surface area contributed by atoms with Crippen LogP contribution in [0.5, 0.6) is 0 Å². The van der Waals surface area contributed by atoms with Crippen molar-refractivity contribution in [2.75, 3.05) is 5.32 Å². The van der Waals surface area contributed by atoms with E-state index in [2.05, 4.69) is 12.2 Å². The fourth-order valence-electron chi connectivity index (χ4n) is 1.40. The van der Waals surface area contributed by atoms with E-state index in [1.54, 1.807) is 0 Å². The molecule has 0 aromatic heterocycles. The highest BCUT2D eigenvalue weighted by Gasteiger charge is 2.00. The minimum absolute atomic E-state index is 0.118. The lowest BCUT2D eigenvalue weighted by Crippen LogP contribution is -2.10. The van der Waals surface area contributed by atoms with Crippen molar-refractivity contribution in [2.45, 2.75) is 53.4 Å². The maximum absolute atomic E-state index is 11.5. The molecule has 0 atom stereocenters. The normalized spacial score (nSPS) is 9.18. The predicted octanol–water partition coefficient (Wildman–Crippen LogP) is 4.54. The Morgan fingerprint density at radius 1 is 1.12 bits per heavy atom. The Labute approximate surface area is 105 Å². The lowest BCUT2D eigenvalue weighted by atomic mass is 10.2. The Balaban J connectivity index is 0.00000121. The Kier molecular flexibility index (Phi) is 9.12. The second-order valence-corrected chi connectivity index (χ2v) is 3.87. The average Bonchev–Trinajstić information content (AvgIpc) is 2.35. The highest BCUT2D eigenvalue weighted by molar-refractivity contribution is 5.90. The molecule has 0 aliphatic carbocycles. The summed E-state index contributed by atoms with van der Waals surface area (Å²) >= 11 is 0. The Bertz CT molecular complexity index is 303. The third kappa shape index (κ3) is 7.56. The smallest absolute Gasteiger partial charge is 0.224 e. The largest absolute Gasteiger partial charge is 0.326 e. The first-order valence-electron chi connectivity index (χ1n) is 6.59. The molecule has 1 aromatic carbocycles. The first-order valence-corrected chi connectivity index (χ1v) is 6.59. The first kappa shape index (κ1) is 15.7. The van der Waals surface area contributed by atoms with Crippen LogP contribution in [0.3, 0.4) is 0 Å². The highest BCUT2D eigenvalue weighted by atomic mass is 16.1. The maximum Gasteiger partial charge on any atom is 0.224 e. The van der Waals surface area contributed by atoms with E-state index in [9.17, 15) is 4.79 Å². The Hall–Kier alpha value is -1.31. The van der Waals surface area contributed by atoms with Gasteiger partial charge < -0.3 is 5.32 Å². The van der Waals surface area contributed by atoms with Crippen molar-refractivity contribution >= 4 is 11.6 Å². The van der Waals surface area contributed by atoms with Crippen LogP contribution in [0.15, 0.2) is 24.3 Å². The van der Waals surface area contributed by atoms with Crippen molar-refractivity contribution in [1.82, 2.24) is 0 Å². The molecule has 0 unspecified atom stereocenters. The number of hydrogen-bond donors (Lipinski definition) is 1. The number of anilines is 1. The van der Waals surface area contributed by atoms with Crippen molar-refractivity contribution in [2.24, 2.45) is 0 Å². The van der Waals surface area contributed by atoms with Crippen LogP contribution in [0.1, 0.15) is 52.0 Å². The summed E-state index contributed by atoms with van der Waals surface area (Å²) < 4.78 is 0. The number of carbonyl (C=O) groups is 1.